The highest BCUT2D eigenvalue weighted by Crippen LogP contribution is 2.31. The molecule has 1 aliphatic heterocycles. The number of pyridine rings is 1. The van der Waals surface area contributed by atoms with E-state index < -0.39 is 23.8 Å². The topological polar surface area (TPSA) is 74.2 Å². The Kier molecular flexibility index (Phi) is 7.53. The number of nitrogens with zero attached hydrogens (tertiary/aromatic N) is 5. The van der Waals surface area contributed by atoms with Crippen LogP contribution in [0, 0.1) is 12.7 Å². The first-order valence-electron chi connectivity index (χ1n) is 11.7. The zero-order chi connectivity index (χ0) is 26.0. The Morgan fingerprint density at radius 3 is 2.64 bits per heavy atom. The van der Waals surface area contributed by atoms with Crippen molar-refractivity contribution in [3.63, 3.8) is 0 Å². The predicted molar refractivity (Wildman–Crippen MR) is 133 cm³/mol. The monoisotopic (exact) mass is 498 g/mol. The molecule has 4 rings (SSSR count). The lowest BCUT2D eigenvalue weighted by atomic mass is 10.00. The summed E-state index contributed by atoms with van der Waals surface area (Å²) in [4.78, 5) is 29.1. The van der Waals surface area contributed by atoms with E-state index in [-0.39, 0.29) is 11.5 Å². The maximum absolute atomic E-state index is 14.7. The number of aromatic nitrogens is 3. The lowest BCUT2D eigenvalue weighted by molar-refractivity contribution is -0.129. The Hall–Kier alpha value is -3.53. The second kappa shape index (κ2) is 10.6. The second-order valence-electron chi connectivity index (χ2n) is 9.13. The molecular weight excluding hydrogens is 469 g/mol. The van der Waals surface area contributed by atoms with Crippen LogP contribution in [-0.4, -0.2) is 64.4 Å². The molecule has 0 saturated heterocycles. The average molecular weight is 499 g/mol. The standard InChI is InChI=1S/C26H29F3N6O/c1-15(19-6-5-7-20(23(19)27)24(28)29)31-26-21-12-18(13-30-25(21)32-16(2)33-26)17-8-10-35(11-9-17)14-22(36)34(3)4/h5-8,12-13,15,24H,9-11,14H2,1-4H3,(H,30,31,32,33)/t15-/m1/s1. The third kappa shape index (κ3) is 5.48. The first-order chi connectivity index (χ1) is 17.1. The molecule has 1 amide bonds. The van der Waals surface area contributed by atoms with Crippen molar-refractivity contribution in [3.05, 3.63) is 64.9 Å². The molecule has 0 radical (unpaired) electrons. The van der Waals surface area contributed by atoms with E-state index in [0.29, 0.717) is 35.8 Å². The Bertz CT molecular complexity index is 1310. The molecule has 1 aromatic carbocycles. The van der Waals surface area contributed by atoms with E-state index in [4.69, 9.17) is 0 Å². The molecular formula is C26H29F3N6O. The third-order valence-corrected chi connectivity index (χ3v) is 6.30. The summed E-state index contributed by atoms with van der Waals surface area (Å²) in [6, 6.07) is 5.31. The number of benzene rings is 1. The van der Waals surface area contributed by atoms with Gasteiger partial charge in [0.1, 0.15) is 17.5 Å². The molecule has 1 atom stereocenters. The number of likely N-dealkylation sites (N-methyl/N-ethyl adjacent to an activating group) is 1. The van der Waals surface area contributed by atoms with Crippen LogP contribution in [0.1, 0.15) is 48.3 Å². The highest BCUT2D eigenvalue weighted by atomic mass is 19.3. The van der Waals surface area contributed by atoms with Crippen molar-refractivity contribution in [3.8, 4) is 0 Å². The summed E-state index contributed by atoms with van der Waals surface area (Å²) in [7, 11) is 3.49. The zero-order valence-corrected chi connectivity index (χ0v) is 20.7. The molecule has 36 heavy (non-hydrogen) atoms. The van der Waals surface area contributed by atoms with Gasteiger partial charge in [0.15, 0.2) is 5.65 Å². The van der Waals surface area contributed by atoms with Gasteiger partial charge >= 0.3 is 0 Å². The molecule has 0 spiro atoms. The summed E-state index contributed by atoms with van der Waals surface area (Å²) >= 11 is 0. The number of rotatable bonds is 7. The third-order valence-electron chi connectivity index (χ3n) is 6.30. The maximum Gasteiger partial charge on any atom is 0.266 e. The van der Waals surface area contributed by atoms with E-state index >= 15 is 0 Å². The summed E-state index contributed by atoms with van der Waals surface area (Å²) in [5, 5.41) is 3.83. The molecule has 3 heterocycles. The largest absolute Gasteiger partial charge is 0.363 e. The molecule has 0 fully saturated rings. The Balaban J connectivity index is 1.61. The molecule has 3 aromatic rings. The van der Waals surface area contributed by atoms with Gasteiger partial charge in [-0.25, -0.2) is 28.1 Å². The molecule has 190 valence electrons. The average Bonchev–Trinajstić information content (AvgIpc) is 2.84. The number of alkyl halides is 2. The highest BCUT2D eigenvalue weighted by molar-refractivity contribution is 5.89. The fourth-order valence-electron chi connectivity index (χ4n) is 4.21. The van der Waals surface area contributed by atoms with Gasteiger partial charge in [0.05, 0.1) is 23.5 Å². The Labute approximate surface area is 208 Å². The summed E-state index contributed by atoms with van der Waals surface area (Å²) in [6.45, 7) is 5.20. The SMILES string of the molecule is Cc1nc(N[C@H](C)c2cccc(C(F)F)c2F)c2cc(C3=CCN(CC(=O)N(C)C)CC3)cnc2n1. The van der Waals surface area contributed by atoms with Gasteiger partial charge in [0, 0.05) is 38.9 Å². The fraction of sp³-hybridized carbons (Fsp3) is 0.385. The Morgan fingerprint density at radius 2 is 1.97 bits per heavy atom. The lowest BCUT2D eigenvalue weighted by Gasteiger charge is -2.27. The van der Waals surface area contributed by atoms with Crippen molar-refractivity contribution in [1.82, 2.24) is 24.8 Å². The molecule has 0 saturated carbocycles. The zero-order valence-electron chi connectivity index (χ0n) is 20.7. The number of nitrogens with one attached hydrogen (secondary N) is 1. The second-order valence-corrected chi connectivity index (χ2v) is 9.13. The molecule has 0 aliphatic carbocycles. The summed E-state index contributed by atoms with van der Waals surface area (Å²) < 4.78 is 41.1. The van der Waals surface area contributed by atoms with Crippen molar-refractivity contribution < 1.29 is 18.0 Å². The molecule has 1 N–H and O–H groups in total. The maximum atomic E-state index is 14.7. The molecule has 0 bridgehead atoms. The van der Waals surface area contributed by atoms with Gasteiger partial charge in [-0.2, -0.15) is 0 Å². The van der Waals surface area contributed by atoms with E-state index in [2.05, 4.69) is 31.2 Å². The van der Waals surface area contributed by atoms with Crippen LogP contribution in [-0.2, 0) is 4.79 Å². The van der Waals surface area contributed by atoms with Crippen LogP contribution in [0.3, 0.4) is 0 Å². The van der Waals surface area contributed by atoms with Crippen LogP contribution in [0.4, 0.5) is 19.0 Å². The molecule has 2 aromatic heterocycles. The smallest absolute Gasteiger partial charge is 0.266 e. The summed E-state index contributed by atoms with van der Waals surface area (Å²) in [5.74, 6) is 0.0753. The van der Waals surface area contributed by atoms with Crippen LogP contribution in [0.15, 0.2) is 36.5 Å². The van der Waals surface area contributed by atoms with Crippen molar-refractivity contribution in [2.75, 3.05) is 39.0 Å². The van der Waals surface area contributed by atoms with E-state index in [1.807, 2.05) is 6.07 Å². The number of halogens is 3. The predicted octanol–water partition coefficient (Wildman–Crippen LogP) is 4.76. The minimum absolute atomic E-state index is 0.0621. The number of carbonyl (C=O) groups is 1. The number of anilines is 1. The minimum atomic E-state index is -2.90. The van der Waals surface area contributed by atoms with E-state index in [1.165, 1.54) is 12.1 Å². The fourth-order valence-corrected chi connectivity index (χ4v) is 4.21. The van der Waals surface area contributed by atoms with Crippen molar-refractivity contribution in [2.45, 2.75) is 32.7 Å². The van der Waals surface area contributed by atoms with Gasteiger partial charge in [-0.05, 0) is 37.5 Å². The van der Waals surface area contributed by atoms with E-state index in [9.17, 15) is 18.0 Å². The van der Waals surface area contributed by atoms with Gasteiger partial charge < -0.3 is 10.2 Å². The van der Waals surface area contributed by atoms with Crippen LogP contribution >= 0.6 is 0 Å². The molecule has 0 unspecified atom stereocenters. The molecule has 10 heteroatoms. The Morgan fingerprint density at radius 1 is 1.22 bits per heavy atom. The first-order valence-corrected chi connectivity index (χ1v) is 11.7. The number of amides is 1. The normalized spacial score (nSPS) is 15.2. The van der Waals surface area contributed by atoms with Gasteiger partial charge in [-0.15, -0.1) is 0 Å². The van der Waals surface area contributed by atoms with Crippen LogP contribution in [0.2, 0.25) is 0 Å². The van der Waals surface area contributed by atoms with Gasteiger partial charge in [-0.1, -0.05) is 24.3 Å². The first kappa shape index (κ1) is 25.6. The van der Waals surface area contributed by atoms with Crippen LogP contribution < -0.4 is 5.32 Å². The van der Waals surface area contributed by atoms with Crippen molar-refractivity contribution in [1.29, 1.82) is 0 Å². The van der Waals surface area contributed by atoms with Gasteiger partial charge in [-0.3, -0.25) is 9.69 Å². The van der Waals surface area contributed by atoms with Crippen molar-refractivity contribution >= 4 is 28.3 Å². The molecule has 1 aliphatic rings. The highest BCUT2D eigenvalue weighted by Gasteiger charge is 2.21. The van der Waals surface area contributed by atoms with Gasteiger partial charge in [0.2, 0.25) is 5.91 Å². The summed E-state index contributed by atoms with van der Waals surface area (Å²) in [6.07, 6.45) is 1.71. The summed E-state index contributed by atoms with van der Waals surface area (Å²) in [5.41, 5.74) is 2.00. The number of carbonyl (C=O) groups excluding carboxylic acids is 1. The number of hydrogen-bond acceptors (Lipinski definition) is 6. The molecule has 7 nitrogen and oxygen atoms in total. The number of fused-ring (bicyclic) bond motifs is 1. The minimum Gasteiger partial charge on any atom is -0.363 e. The van der Waals surface area contributed by atoms with E-state index in [1.54, 1.807) is 39.0 Å². The number of aryl methyl sites for hydroxylation is 1. The van der Waals surface area contributed by atoms with Crippen LogP contribution in [0.25, 0.3) is 16.6 Å². The quantitative estimate of drug-likeness (QED) is 0.506. The van der Waals surface area contributed by atoms with Crippen LogP contribution in [0.5, 0.6) is 0 Å². The van der Waals surface area contributed by atoms with Gasteiger partial charge in [0.25, 0.3) is 6.43 Å². The lowest BCUT2D eigenvalue weighted by Crippen LogP contribution is -2.38. The van der Waals surface area contributed by atoms with Crippen molar-refractivity contribution in [2.24, 2.45) is 0 Å². The van der Waals surface area contributed by atoms with E-state index in [0.717, 1.165) is 30.2 Å². The number of hydrogen-bond donors (Lipinski definition) is 1.